The van der Waals surface area contributed by atoms with Crippen LogP contribution < -0.4 is 5.32 Å². The average molecular weight is 280 g/mol. The lowest BCUT2D eigenvalue weighted by Gasteiger charge is -2.09. The molecule has 2 N–H and O–H groups in total. The Kier molecular flexibility index (Phi) is 3.19. The number of aromatic carboxylic acids is 1. The first-order chi connectivity index (χ1) is 10.1. The van der Waals surface area contributed by atoms with Crippen molar-refractivity contribution in [3.8, 4) is 0 Å². The van der Waals surface area contributed by atoms with Crippen LogP contribution in [0.25, 0.3) is 10.9 Å². The van der Waals surface area contributed by atoms with Gasteiger partial charge in [-0.3, -0.25) is 4.98 Å². The number of carboxylic acids is 1. The van der Waals surface area contributed by atoms with Gasteiger partial charge >= 0.3 is 5.97 Å². The van der Waals surface area contributed by atoms with Crippen molar-refractivity contribution in [2.24, 2.45) is 0 Å². The third-order valence-corrected chi connectivity index (χ3v) is 2.93. The maximum absolute atomic E-state index is 11.1. The third-order valence-electron chi connectivity index (χ3n) is 2.93. The van der Waals surface area contributed by atoms with Crippen molar-refractivity contribution in [2.75, 3.05) is 5.32 Å². The molecule has 0 atom stereocenters. The van der Waals surface area contributed by atoms with Crippen molar-refractivity contribution in [3.63, 3.8) is 0 Å². The van der Waals surface area contributed by atoms with Crippen LogP contribution in [0, 0.1) is 6.92 Å². The number of para-hydroxylation sites is 1. The molecule has 0 aliphatic heterocycles. The lowest BCUT2D eigenvalue weighted by Crippen LogP contribution is -2.07. The number of hydrogen-bond donors (Lipinski definition) is 2. The van der Waals surface area contributed by atoms with E-state index in [2.05, 4.69) is 20.3 Å². The molecule has 3 aromatic rings. The van der Waals surface area contributed by atoms with E-state index in [1.807, 2.05) is 25.1 Å². The van der Waals surface area contributed by atoms with Crippen LogP contribution in [-0.2, 0) is 0 Å². The quantitative estimate of drug-likeness (QED) is 0.767. The molecule has 0 aliphatic carbocycles. The Balaban J connectivity index is 2.13. The Morgan fingerprint density at radius 1 is 1.19 bits per heavy atom. The average Bonchev–Trinajstić information content (AvgIpc) is 2.47. The molecule has 0 spiro atoms. The number of carbonyl (C=O) groups is 1. The summed E-state index contributed by atoms with van der Waals surface area (Å²) in [5.74, 6) is -0.951. The first-order valence-corrected chi connectivity index (χ1v) is 6.32. The summed E-state index contributed by atoms with van der Waals surface area (Å²) in [6, 6.07) is 9.16. The minimum atomic E-state index is -1.16. The molecule has 3 rings (SSSR count). The highest BCUT2D eigenvalue weighted by atomic mass is 16.4. The summed E-state index contributed by atoms with van der Waals surface area (Å²) in [5.41, 5.74) is 2.32. The van der Waals surface area contributed by atoms with Crippen LogP contribution in [0.1, 0.15) is 16.2 Å². The van der Waals surface area contributed by atoms with Gasteiger partial charge in [0.2, 0.25) is 5.82 Å². The zero-order valence-electron chi connectivity index (χ0n) is 11.2. The van der Waals surface area contributed by atoms with E-state index in [9.17, 15) is 4.79 Å². The number of pyridine rings is 1. The fourth-order valence-corrected chi connectivity index (χ4v) is 2.03. The van der Waals surface area contributed by atoms with Crippen molar-refractivity contribution in [2.45, 2.75) is 6.92 Å². The molecular weight excluding hydrogens is 268 g/mol. The summed E-state index contributed by atoms with van der Waals surface area (Å²) in [4.78, 5) is 23.3. The first-order valence-electron chi connectivity index (χ1n) is 6.32. The van der Waals surface area contributed by atoms with E-state index in [0.717, 1.165) is 16.6 Å². The number of carboxylic acid groups (broad SMARTS) is 1. The number of nitrogens with one attached hydrogen (secondary N) is 1. The van der Waals surface area contributed by atoms with Crippen LogP contribution in [0.15, 0.2) is 42.7 Å². The molecule has 21 heavy (non-hydrogen) atoms. The van der Waals surface area contributed by atoms with Gasteiger partial charge in [-0.1, -0.05) is 12.1 Å². The topological polar surface area (TPSA) is 88.0 Å². The molecule has 0 aliphatic rings. The van der Waals surface area contributed by atoms with Gasteiger partial charge in [0, 0.05) is 11.6 Å². The first kappa shape index (κ1) is 13.0. The number of aromatic nitrogens is 3. The summed E-state index contributed by atoms with van der Waals surface area (Å²) in [6.45, 7) is 1.93. The Hall–Kier alpha value is -3.02. The molecule has 1 aromatic carbocycles. The molecular formula is C15H12N4O2. The molecule has 0 fully saturated rings. The Morgan fingerprint density at radius 2 is 2.00 bits per heavy atom. The molecule has 0 saturated heterocycles. The second-order valence-electron chi connectivity index (χ2n) is 4.59. The van der Waals surface area contributed by atoms with Crippen LogP contribution in [0.3, 0.4) is 0 Å². The standard InChI is InChI=1S/C15H12N4O2/c1-9-6-10(8-16-7-9)17-13-11-4-2-3-5-12(11)18-14(19-13)15(20)21/h2-8H,1H3,(H,20,21)(H,17,18,19). The van der Waals surface area contributed by atoms with E-state index in [-0.39, 0.29) is 5.82 Å². The highest BCUT2D eigenvalue weighted by Crippen LogP contribution is 2.23. The summed E-state index contributed by atoms with van der Waals surface area (Å²) in [5, 5.41) is 13.0. The van der Waals surface area contributed by atoms with Gasteiger partial charge in [0.25, 0.3) is 0 Å². The van der Waals surface area contributed by atoms with E-state index in [4.69, 9.17) is 5.11 Å². The Labute approximate surface area is 120 Å². The second-order valence-corrected chi connectivity index (χ2v) is 4.59. The minimum absolute atomic E-state index is 0.239. The molecule has 0 unspecified atom stereocenters. The van der Waals surface area contributed by atoms with Gasteiger partial charge in [0.05, 0.1) is 17.4 Å². The van der Waals surface area contributed by atoms with E-state index in [1.54, 1.807) is 24.5 Å². The molecule has 0 radical (unpaired) electrons. The number of rotatable bonds is 3. The monoisotopic (exact) mass is 280 g/mol. The Bertz CT molecular complexity index is 833. The number of aryl methyl sites for hydroxylation is 1. The highest BCUT2D eigenvalue weighted by molar-refractivity contribution is 5.94. The smallest absolute Gasteiger partial charge is 0.374 e. The fraction of sp³-hybridized carbons (Fsp3) is 0.0667. The third kappa shape index (κ3) is 2.64. The normalized spacial score (nSPS) is 10.5. The maximum atomic E-state index is 11.1. The van der Waals surface area contributed by atoms with E-state index >= 15 is 0 Å². The van der Waals surface area contributed by atoms with Crippen molar-refractivity contribution in [3.05, 3.63) is 54.1 Å². The number of nitrogens with zero attached hydrogens (tertiary/aromatic N) is 3. The van der Waals surface area contributed by atoms with Crippen LogP contribution >= 0.6 is 0 Å². The van der Waals surface area contributed by atoms with Crippen molar-refractivity contribution < 1.29 is 9.90 Å². The van der Waals surface area contributed by atoms with E-state index in [1.165, 1.54) is 0 Å². The van der Waals surface area contributed by atoms with E-state index < -0.39 is 5.97 Å². The minimum Gasteiger partial charge on any atom is -0.475 e. The SMILES string of the molecule is Cc1cncc(Nc2nc(C(=O)O)nc3ccccc23)c1. The molecule has 0 amide bonds. The van der Waals surface area contributed by atoms with Gasteiger partial charge in [0.15, 0.2) is 0 Å². The van der Waals surface area contributed by atoms with Crippen molar-refractivity contribution in [1.82, 2.24) is 15.0 Å². The van der Waals surface area contributed by atoms with Gasteiger partial charge in [-0.05, 0) is 30.7 Å². The molecule has 0 saturated carbocycles. The summed E-state index contributed by atoms with van der Waals surface area (Å²) >= 11 is 0. The summed E-state index contributed by atoms with van der Waals surface area (Å²) < 4.78 is 0. The molecule has 0 bridgehead atoms. The largest absolute Gasteiger partial charge is 0.475 e. The van der Waals surface area contributed by atoms with Gasteiger partial charge in [-0.2, -0.15) is 0 Å². The van der Waals surface area contributed by atoms with Gasteiger partial charge < -0.3 is 10.4 Å². The van der Waals surface area contributed by atoms with Crippen LogP contribution in [-0.4, -0.2) is 26.0 Å². The lowest BCUT2D eigenvalue weighted by molar-refractivity contribution is 0.0684. The van der Waals surface area contributed by atoms with E-state index in [0.29, 0.717) is 11.3 Å². The predicted octanol–water partition coefficient (Wildman–Crippen LogP) is 2.78. The number of fused-ring (bicyclic) bond motifs is 1. The second kappa shape index (κ2) is 5.16. The van der Waals surface area contributed by atoms with Gasteiger partial charge in [0.1, 0.15) is 5.82 Å². The van der Waals surface area contributed by atoms with Crippen molar-refractivity contribution >= 4 is 28.4 Å². The molecule has 2 aromatic heterocycles. The maximum Gasteiger partial charge on any atom is 0.374 e. The molecule has 2 heterocycles. The summed E-state index contributed by atoms with van der Waals surface area (Å²) in [7, 11) is 0. The highest BCUT2D eigenvalue weighted by Gasteiger charge is 2.12. The molecule has 6 nitrogen and oxygen atoms in total. The number of hydrogen-bond acceptors (Lipinski definition) is 5. The van der Waals surface area contributed by atoms with Crippen molar-refractivity contribution in [1.29, 1.82) is 0 Å². The summed E-state index contributed by atoms with van der Waals surface area (Å²) in [6.07, 6.45) is 3.40. The van der Waals surface area contributed by atoms with Gasteiger partial charge in [-0.25, -0.2) is 14.8 Å². The fourth-order valence-electron chi connectivity index (χ4n) is 2.03. The van der Waals surface area contributed by atoms with Crippen LogP contribution in [0.5, 0.6) is 0 Å². The zero-order chi connectivity index (χ0) is 14.8. The van der Waals surface area contributed by atoms with Crippen LogP contribution in [0.4, 0.5) is 11.5 Å². The molecule has 104 valence electrons. The predicted molar refractivity (Wildman–Crippen MR) is 78.8 cm³/mol. The lowest BCUT2D eigenvalue weighted by atomic mass is 10.2. The molecule has 6 heteroatoms. The van der Waals surface area contributed by atoms with Gasteiger partial charge in [-0.15, -0.1) is 0 Å². The van der Waals surface area contributed by atoms with Crippen LogP contribution in [0.2, 0.25) is 0 Å². The Morgan fingerprint density at radius 3 is 2.76 bits per heavy atom. The zero-order valence-corrected chi connectivity index (χ0v) is 11.2. The number of anilines is 2. The number of benzene rings is 1.